The van der Waals surface area contributed by atoms with Crippen molar-refractivity contribution in [1.82, 2.24) is 0 Å². The minimum absolute atomic E-state index is 0.264. The summed E-state index contributed by atoms with van der Waals surface area (Å²) in [5.41, 5.74) is 1.94. The summed E-state index contributed by atoms with van der Waals surface area (Å²) in [5, 5.41) is 0. The van der Waals surface area contributed by atoms with E-state index in [4.69, 9.17) is 18.9 Å². The van der Waals surface area contributed by atoms with Gasteiger partial charge in [-0.15, -0.1) is 0 Å². The average Bonchev–Trinajstić information content (AvgIpc) is 2.84. The van der Waals surface area contributed by atoms with Gasteiger partial charge in [-0.25, -0.2) is 8.78 Å². The van der Waals surface area contributed by atoms with Crippen molar-refractivity contribution >= 4 is 0 Å². The maximum atomic E-state index is 13.8. The molecule has 0 atom stereocenters. The molecule has 3 aromatic rings. The Labute approximate surface area is 201 Å². The Morgan fingerprint density at radius 2 is 1.44 bits per heavy atom. The van der Waals surface area contributed by atoms with Gasteiger partial charge in [0.1, 0.15) is 12.4 Å². The first kappa shape index (κ1) is 27.3. The van der Waals surface area contributed by atoms with E-state index in [9.17, 15) is 8.78 Å². The van der Waals surface area contributed by atoms with Crippen molar-refractivity contribution in [2.45, 2.75) is 33.1 Å². The van der Waals surface area contributed by atoms with E-state index in [0.717, 1.165) is 17.5 Å². The van der Waals surface area contributed by atoms with Gasteiger partial charge in [0, 0.05) is 7.11 Å². The van der Waals surface area contributed by atoms with Crippen molar-refractivity contribution < 1.29 is 27.7 Å². The Hall–Kier alpha value is -2.96. The first-order chi connectivity index (χ1) is 16.4. The van der Waals surface area contributed by atoms with Crippen LogP contribution in [-0.4, -0.2) is 33.5 Å². The highest BCUT2D eigenvalue weighted by Crippen LogP contribution is 2.27. The highest BCUT2D eigenvalue weighted by Gasteiger charge is 2.08. The molecule has 0 spiro atoms. The molecule has 0 aliphatic carbocycles. The summed E-state index contributed by atoms with van der Waals surface area (Å²) in [6.07, 6.45) is 0.817. The Kier molecular flexibility index (Phi) is 12.1. The third-order valence-corrected chi connectivity index (χ3v) is 4.92. The molecule has 0 bridgehead atoms. The molecular formula is C28H34F2O4. The summed E-state index contributed by atoms with van der Waals surface area (Å²) < 4.78 is 48.0. The number of hydrogen-bond acceptors (Lipinski definition) is 4. The van der Waals surface area contributed by atoms with Gasteiger partial charge >= 0.3 is 0 Å². The number of benzene rings is 3. The standard InChI is InChI=1S/C15H15FO.C13H19FO3/c1-11(2)12-8-9-15(14(16)10-12)17-13-6-4-3-5-7-13;1-3-11-4-5-13(12(14)10-11)17-9-8-16-7-6-15-2/h3-11H,1-2H3;4-5,10H,3,6-9H2,1-2H3. The van der Waals surface area contributed by atoms with E-state index < -0.39 is 0 Å². The van der Waals surface area contributed by atoms with E-state index in [-0.39, 0.29) is 23.1 Å². The van der Waals surface area contributed by atoms with Crippen LogP contribution in [-0.2, 0) is 15.9 Å². The van der Waals surface area contributed by atoms with Gasteiger partial charge in [-0.2, -0.15) is 0 Å². The highest BCUT2D eigenvalue weighted by atomic mass is 19.1. The van der Waals surface area contributed by atoms with Crippen molar-refractivity contribution in [1.29, 1.82) is 0 Å². The fraction of sp³-hybridized carbons (Fsp3) is 0.357. The number of ether oxygens (including phenoxy) is 4. The van der Waals surface area contributed by atoms with Gasteiger partial charge in [-0.05, 0) is 59.9 Å². The molecule has 0 radical (unpaired) electrons. The van der Waals surface area contributed by atoms with Crippen LogP contribution in [0.1, 0.15) is 37.8 Å². The van der Waals surface area contributed by atoms with Crippen molar-refractivity contribution in [3.05, 3.63) is 89.5 Å². The summed E-state index contributed by atoms with van der Waals surface area (Å²) in [6, 6.07) is 19.3. The van der Waals surface area contributed by atoms with Crippen molar-refractivity contribution in [3.8, 4) is 17.2 Å². The van der Waals surface area contributed by atoms with E-state index in [1.165, 1.54) is 12.1 Å². The molecule has 184 valence electrons. The smallest absolute Gasteiger partial charge is 0.166 e. The van der Waals surface area contributed by atoms with Crippen LogP contribution in [0.3, 0.4) is 0 Å². The van der Waals surface area contributed by atoms with Crippen LogP contribution in [0.25, 0.3) is 0 Å². The number of aryl methyl sites for hydroxylation is 1. The second-order valence-electron chi connectivity index (χ2n) is 7.83. The zero-order valence-corrected chi connectivity index (χ0v) is 20.4. The quantitative estimate of drug-likeness (QED) is 0.277. The lowest BCUT2D eigenvalue weighted by atomic mass is 10.0. The van der Waals surface area contributed by atoms with Crippen LogP contribution < -0.4 is 9.47 Å². The number of hydrogen-bond donors (Lipinski definition) is 0. The molecule has 0 saturated heterocycles. The highest BCUT2D eigenvalue weighted by molar-refractivity contribution is 5.35. The molecule has 0 amide bonds. The molecule has 0 heterocycles. The van der Waals surface area contributed by atoms with Gasteiger partial charge < -0.3 is 18.9 Å². The van der Waals surface area contributed by atoms with E-state index >= 15 is 0 Å². The monoisotopic (exact) mass is 472 g/mol. The van der Waals surface area contributed by atoms with Gasteiger partial charge in [0.2, 0.25) is 0 Å². The lowest BCUT2D eigenvalue weighted by Gasteiger charge is -2.09. The fourth-order valence-corrected chi connectivity index (χ4v) is 2.91. The number of methoxy groups -OCH3 is 1. The molecule has 3 aromatic carbocycles. The van der Waals surface area contributed by atoms with Crippen molar-refractivity contribution in [3.63, 3.8) is 0 Å². The van der Waals surface area contributed by atoms with E-state index in [1.54, 1.807) is 31.4 Å². The van der Waals surface area contributed by atoms with Gasteiger partial charge in [0.05, 0.1) is 19.8 Å². The van der Waals surface area contributed by atoms with E-state index in [2.05, 4.69) is 0 Å². The van der Waals surface area contributed by atoms with Crippen LogP contribution in [0, 0.1) is 11.6 Å². The summed E-state index contributed by atoms with van der Waals surface area (Å²) in [6.45, 7) is 7.90. The number of halogens is 2. The third-order valence-electron chi connectivity index (χ3n) is 4.92. The van der Waals surface area contributed by atoms with Crippen LogP contribution in [0.15, 0.2) is 66.7 Å². The number of para-hydroxylation sites is 1. The zero-order valence-electron chi connectivity index (χ0n) is 20.4. The van der Waals surface area contributed by atoms with Gasteiger partial charge in [-0.1, -0.05) is 51.1 Å². The molecule has 0 fully saturated rings. The van der Waals surface area contributed by atoms with Crippen LogP contribution >= 0.6 is 0 Å². The van der Waals surface area contributed by atoms with Crippen molar-refractivity contribution in [2.24, 2.45) is 0 Å². The van der Waals surface area contributed by atoms with Crippen LogP contribution in [0.4, 0.5) is 8.78 Å². The minimum Gasteiger partial charge on any atom is -0.488 e. The van der Waals surface area contributed by atoms with Crippen LogP contribution in [0.5, 0.6) is 17.2 Å². The van der Waals surface area contributed by atoms with Gasteiger partial charge in [-0.3, -0.25) is 0 Å². The Morgan fingerprint density at radius 3 is 2.06 bits per heavy atom. The summed E-state index contributed by atoms with van der Waals surface area (Å²) in [4.78, 5) is 0. The molecule has 6 heteroatoms. The average molecular weight is 473 g/mol. The largest absolute Gasteiger partial charge is 0.488 e. The van der Waals surface area contributed by atoms with E-state index in [1.807, 2.05) is 51.1 Å². The van der Waals surface area contributed by atoms with Gasteiger partial charge in [0.15, 0.2) is 23.1 Å². The SMILES string of the molecule is CC(C)c1ccc(Oc2ccccc2)c(F)c1.CCc1ccc(OCCOCCOC)c(F)c1. The second kappa shape index (κ2) is 15.0. The Balaban J connectivity index is 0.000000240. The van der Waals surface area contributed by atoms with Crippen molar-refractivity contribution in [2.75, 3.05) is 33.5 Å². The molecule has 0 aromatic heterocycles. The predicted molar refractivity (Wildman–Crippen MR) is 131 cm³/mol. The molecule has 0 saturated carbocycles. The molecule has 4 nitrogen and oxygen atoms in total. The van der Waals surface area contributed by atoms with Gasteiger partial charge in [0.25, 0.3) is 0 Å². The molecule has 0 unspecified atom stereocenters. The topological polar surface area (TPSA) is 36.9 Å². The second-order valence-corrected chi connectivity index (χ2v) is 7.83. The predicted octanol–water partition coefficient (Wildman–Crippen LogP) is 7.17. The first-order valence-electron chi connectivity index (χ1n) is 11.4. The molecule has 0 N–H and O–H groups in total. The lowest BCUT2D eigenvalue weighted by Crippen LogP contribution is -2.10. The molecule has 34 heavy (non-hydrogen) atoms. The molecule has 3 rings (SSSR count). The molecule has 0 aliphatic rings. The summed E-state index contributed by atoms with van der Waals surface area (Å²) >= 11 is 0. The lowest BCUT2D eigenvalue weighted by molar-refractivity contribution is 0.0538. The Bertz CT molecular complexity index is 977. The fourth-order valence-electron chi connectivity index (χ4n) is 2.91. The summed E-state index contributed by atoms with van der Waals surface area (Å²) in [5.74, 6) is 0.860. The third kappa shape index (κ3) is 9.49. The maximum absolute atomic E-state index is 13.8. The zero-order chi connectivity index (χ0) is 24.8. The molecular weight excluding hydrogens is 438 g/mol. The maximum Gasteiger partial charge on any atom is 0.166 e. The molecule has 0 aliphatic heterocycles. The van der Waals surface area contributed by atoms with Crippen LogP contribution in [0.2, 0.25) is 0 Å². The number of rotatable bonds is 11. The minimum atomic E-state index is -0.319. The summed E-state index contributed by atoms with van der Waals surface area (Å²) in [7, 11) is 1.62. The first-order valence-corrected chi connectivity index (χ1v) is 11.4. The normalized spacial score (nSPS) is 10.6. The van der Waals surface area contributed by atoms with E-state index in [0.29, 0.717) is 38.1 Å². The Morgan fingerprint density at radius 1 is 0.765 bits per heavy atom.